The molecule has 0 aromatic heterocycles. The lowest BCUT2D eigenvalue weighted by atomic mass is 9.97. The summed E-state index contributed by atoms with van der Waals surface area (Å²) in [6.45, 7) is 3.91. The number of ether oxygens (including phenoxy) is 2. The maximum absolute atomic E-state index is 11.0. The summed E-state index contributed by atoms with van der Waals surface area (Å²) in [5.74, 6) is -0.324. The van der Waals surface area contributed by atoms with E-state index in [1.165, 1.54) is 19.4 Å². The number of aliphatic hydroxyl groups excluding tert-OH is 1. The minimum absolute atomic E-state index is 0.148. The highest BCUT2D eigenvalue weighted by Gasteiger charge is 2.19. The number of carbonyl (C=O) groups is 1. The highest BCUT2D eigenvalue weighted by Crippen LogP contribution is 2.25. The Bertz CT molecular complexity index is 425. The summed E-state index contributed by atoms with van der Waals surface area (Å²) in [7, 11) is 1.31. The smallest absolute Gasteiger partial charge is 0.333 e. The molecular formula is C16H22O4. The van der Waals surface area contributed by atoms with Gasteiger partial charge in [-0.1, -0.05) is 44.2 Å². The third-order valence-corrected chi connectivity index (χ3v) is 3.04. The minimum Gasteiger partial charge on any atom is -0.493 e. The first-order valence-electron chi connectivity index (χ1n) is 6.67. The van der Waals surface area contributed by atoms with E-state index in [1.807, 2.05) is 44.2 Å². The van der Waals surface area contributed by atoms with Gasteiger partial charge in [-0.25, -0.2) is 4.79 Å². The van der Waals surface area contributed by atoms with Crippen molar-refractivity contribution in [1.82, 2.24) is 0 Å². The van der Waals surface area contributed by atoms with Crippen molar-refractivity contribution in [2.75, 3.05) is 7.11 Å². The van der Waals surface area contributed by atoms with Crippen LogP contribution >= 0.6 is 0 Å². The Morgan fingerprint density at radius 3 is 2.50 bits per heavy atom. The molecule has 1 rings (SSSR count). The summed E-state index contributed by atoms with van der Waals surface area (Å²) < 4.78 is 10.1. The van der Waals surface area contributed by atoms with Crippen molar-refractivity contribution in [3.05, 3.63) is 48.2 Å². The highest BCUT2D eigenvalue weighted by atomic mass is 16.5. The molecule has 4 heteroatoms. The van der Waals surface area contributed by atoms with Crippen molar-refractivity contribution in [3.8, 4) is 0 Å². The van der Waals surface area contributed by atoms with Crippen LogP contribution in [0, 0.1) is 5.92 Å². The van der Waals surface area contributed by atoms with Crippen LogP contribution in [0.4, 0.5) is 0 Å². The van der Waals surface area contributed by atoms with Gasteiger partial charge in [0, 0.05) is 6.42 Å². The Kier molecular flexibility index (Phi) is 6.81. The van der Waals surface area contributed by atoms with Gasteiger partial charge in [0.2, 0.25) is 0 Å². The molecule has 1 aromatic rings. The molecule has 0 heterocycles. The van der Waals surface area contributed by atoms with Gasteiger partial charge in [-0.15, -0.1) is 0 Å². The summed E-state index contributed by atoms with van der Waals surface area (Å²) in [6.07, 6.45) is 2.24. The van der Waals surface area contributed by atoms with Gasteiger partial charge < -0.3 is 14.6 Å². The largest absolute Gasteiger partial charge is 0.493 e. The third kappa shape index (κ3) is 5.45. The Morgan fingerprint density at radius 1 is 1.30 bits per heavy atom. The average Bonchev–Trinajstić information content (AvgIpc) is 2.46. The quantitative estimate of drug-likeness (QED) is 0.473. The van der Waals surface area contributed by atoms with Crippen LogP contribution in [0.2, 0.25) is 0 Å². The van der Waals surface area contributed by atoms with E-state index in [2.05, 4.69) is 4.74 Å². The highest BCUT2D eigenvalue weighted by molar-refractivity contribution is 5.81. The summed E-state index contributed by atoms with van der Waals surface area (Å²) >= 11 is 0. The summed E-state index contributed by atoms with van der Waals surface area (Å²) in [4.78, 5) is 11.0. The van der Waals surface area contributed by atoms with Crippen molar-refractivity contribution in [2.45, 2.75) is 32.5 Å². The van der Waals surface area contributed by atoms with Crippen LogP contribution in [0.25, 0.3) is 0 Å². The second kappa shape index (κ2) is 8.38. The topological polar surface area (TPSA) is 55.8 Å². The number of carbonyl (C=O) groups excluding carboxylic acids is 1. The molecule has 0 unspecified atom stereocenters. The zero-order valence-corrected chi connectivity index (χ0v) is 12.2. The predicted octanol–water partition coefficient (Wildman–Crippen LogP) is 2.84. The van der Waals surface area contributed by atoms with Crippen LogP contribution in [0.15, 0.2) is 42.7 Å². The third-order valence-electron chi connectivity index (χ3n) is 3.04. The maximum Gasteiger partial charge on any atom is 0.333 e. The lowest BCUT2D eigenvalue weighted by Gasteiger charge is -2.22. The molecule has 0 fully saturated rings. The molecule has 20 heavy (non-hydrogen) atoms. The standard InChI is InChI=1S/C16H22O4/c1-12(2)14(17)11-15(13-7-5-4-6-8-13)20-10-9-16(18)19-3/h4-10,12,14-15,17H,11H2,1-3H3/b10-9+/t14-,15-/m0/s1. The number of esters is 1. The van der Waals surface area contributed by atoms with Gasteiger partial charge in [-0.2, -0.15) is 0 Å². The number of rotatable bonds is 7. The lowest BCUT2D eigenvalue weighted by molar-refractivity contribution is -0.135. The van der Waals surface area contributed by atoms with Crippen molar-refractivity contribution in [2.24, 2.45) is 5.92 Å². The van der Waals surface area contributed by atoms with Gasteiger partial charge >= 0.3 is 5.97 Å². The first kappa shape index (κ1) is 16.2. The molecule has 1 N–H and O–H groups in total. The van der Waals surface area contributed by atoms with Crippen molar-refractivity contribution in [1.29, 1.82) is 0 Å². The van der Waals surface area contributed by atoms with Crippen LogP contribution < -0.4 is 0 Å². The molecule has 0 saturated heterocycles. The normalized spacial score (nSPS) is 14.2. The Balaban J connectivity index is 2.75. The zero-order chi connectivity index (χ0) is 15.0. The molecule has 0 bridgehead atoms. The Hall–Kier alpha value is -1.81. The maximum atomic E-state index is 11.0. The number of aliphatic hydroxyl groups is 1. The number of hydrogen-bond donors (Lipinski definition) is 1. The van der Waals surface area contributed by atoms with Gasteiger partial charge in [0.1, 0.15) is 6.10 Å². The van der Waals surface area contributed by atoms with Crippen molar-refractivity contribution in [3.63, 3.8) is 0 Å². The monoisotopic (exact) mass is 278 g/mol. The van der Waals surface area contributed by atoms with Crippen LogP contribution in [0.3, 0.4) is 0 Å². The second-order valence-electron chi connectivity index (χ2n) is 4.91. The first-order valence-corrected chi connectivity index (χ1v) is 6.67. The molecule has 0 aliphatic carbocycles. The van der Waals surface area contributed by atoms with E-state index in [4.69, 9.17) is 4.74 Å². The van der Waals surface area contributed by atoms with Gasteiger partial charge in [-0.05, 0) is 11.5 Å². The summed E-state index contributed by atoms with van der Waals surface area (Å²) in [6, 6.07) is 9.62. The average molecular weight is 278 g/mol. The van der Waals surface area contributed by atoms with Gasteiger partial charge in [0.15, 0.2) is 0 Å². The lowest BCUT2D eigenvalue weighted by Crippen LogP contribution is -2.19. The molecule has 4 nitrogen and oxygen atoms in total. The zero-order valence-electron chi connectivity index (χ0n) is 12.2. The Labute approximate surface area is 120 Å². The fourth-order valence-corrected chi connectivity index (χ4v) is 1.69. The molecule has 0 amide bonds. The van der Waals surface area contributed by atoms with Crippen LogP contribution in [-0.2, 0) is 14.3 Å². The van der Waals surface area contributed by atoms with E-state index in [9.17, 15) is 9.90 Å². The summed E-state index contributed by atoms with van der Waals surface area (Å²) in [5.41, 5.74) is 0.960. The Morgan fingerprint density at radius 2 is 1.95 bits per heavy atom. The van der Waals surface area contributed by atoms with Crippen molar-refractivity contribution >= 4 is 5.97 Å². The first-order chi connectivity index (χ1) is 9.54. The van der Waals surface area contributed by atoms with Crippen LogP contribution in [0.5, 0.6) is 0 Å². The van der Waals surface area contributed by atoms with Crippen LogP contribution in [0.1, 0.15) is 31.9 Å². The van der Waals surface area contributed by atoms with Gasteiger partial charge in [0.05, 0.1) is 25.6 Å². The van der Waals surface area contributed by atoms with Gasteiger partial charge in [-0.3, -0.25) is 0 Å². The summed E-state index contributed by atoms with van der Waals surface area (Å²) in [5, 5.41) is 10.0. The molecule has 1 aromatic carbocycles. The van der Waals surface area contributed by atoms with Crippen LogP contribution in [-0.4, -0.2) is 24.3 Å². The molecule has 110 valence electrons. The van der Waals surface area contributed by atoms with E-state index in [0.717, 1.165) is 5.56 Å². The van der Waals surface area contributed by atoms with E-state index in [-0.39, 0.29) is 12.0 Å². The molecule has 0 saturated carbocycles. The molecule has 0 spiro atoms. The molecule has 2 atom stereocenters. The fraction of sp³-hybridized carbons (Fsp3) is 0.438. The fourth-order valence-electron chi connectivity index (χ4n) is 1.69. The molecule has 0 radical (unpaired) electrons. The number of methoxy groups -OCH3 is 1. The van der Waals surface area contributed by atoms with Crippen molar-refractivity contribution < 1.29 is 19.4 Å². The molecular weight excluding hydrogens is 256 g/mol. The SMILES string of the molecule is COC(=O)/C=C/O[C@@H](C[C@H](O)C(C)C)c1ccccc1. The van der Waals surface area contributed by atoms with E-state index in [1.54, 1.807) is 0 Å². The number of hydrogen-bond acceptors (Lipinski definition) is 4. The van der Waals surface area contributed by atoms with E-state index < -0.39 is 12.1 Å². The molecule has 0 aliphatic heterocycles. The van der Waals surface area contributed by atoms with E-state index in [0.29, 0.717) is 6.42 Å². The molecule has 0 aliphatic rings. The minimum atomic E-state index is -0.471. The van der Waals surface area contributed by atoms with E-state index >= 15 is 0 Å². The predicted molar refractivity (Wildman–Crippen MR) is 76.9 cm³/mol. The van der Waals surface area contributed by atoms with Gasteiger partial charge in [0.25, 0.3) is 0 Å². The second-order valence-corrected chi connectivity index (χ2v) is 4.91. The number of benzene rings is 1.